The number of carbonyl (C=O) groups is 1. The minimum absolute atomic E-state index is 0.0464. The normalized spacial score (nSPS) is 23.1. The molecule has 18 heavy (non-hydrogen) atoms. The van der Waals surface area contributed by atoms with Crippen LogP contribution in [0.5, 0.6) is 5.75 Å². The Bertz CT molecular complexity index is 447. The van der Waals surface area contributed by atoms with Gasteiger partial charge in [0.25, 0.3) is 0 Å². The van der Waals surface area contributed by atoms with Crippen LogP contribution in [0.3, 0.4) is 0 Å². The molecule has 4 heteroatoms. The Kier molecular flexibility index (Phi) is 3.97. The van der Waals surface area contributed by atoms with E-state index in [0.29, 0.717) is 5.56 Å². The van der Waals surface area contributed by atoms with Crippen molar-refractivity contribution in [3.8, 4) is 5.75 Å². The Labute approximate surface area is 106 Å². The zero-order valence-corrected chi connectivity index (χ0v) is 10.5. The van der Waals surface area contributed by atoms with E-state index in [-0.39, 0.29) is 29.9 Å². The van der Waals surface area contributed by atoms with Crippen molar-refractivity contribution in [2.24, 2.45) is 11.7 Å². The number of carbonyl (C=O) groups excluding carboxylic acids is 1. The van der Waals surface area contributed by atoms with Crippen LogP contribution in [0.15, 0.2) is 18.2 Å². The second-order valence-corrected chi connectivity index (χ2v) is 4.88. The van der Waals surface area contributed by atoms with Gasteiger partial charge in [0.15, 0.2) is 11.6 Å². The lowest BCUT2D eigenvalue weighted by molar-refractivity contribution is -0.122. The summed E-state index contributed by atoms with van der Waals surface area (Å²) >= 11 is 0. The summed E-state index contributed by atoms with van der Waals surface area (Å²) in [5.74, 6) is -0.0160. The molecule has 1 fully saturated rings. The predicted octanol–water partition coefficient (Wildman–Crippen LogP) is 2.07. The van der Waals surface area contributed by atoms with Gasteiger partial charge in [-0.3, -0.25) is 4.79 Å². The van der Waals surface area contributed by atoms with Crippen LogP contribution >= 0.6 is 0 Å². The summed E-state index contributed by atoms with van der Waals surface area (Å²) in [6.07, 6.45) is 2.81. The van der Waals surface area contributed by atoms with Gasteiger partial charge in [-0.15, -0.1) is 0 Å². The standard InChI is InChI=1S/C14H18FNO2/c1-18-14-5-2-9(6-12(14)15)7-13(17)10-3-4-11(16)8-10/h2,5-6,10-11H,3-4,7-8,16H2,1H3. The van der Waals surface area contributed by atoms with E-state index in [2.05, 4.69) is 0 Å². The molecule has 1 aromatic rings. The maximum absolute atomic E-state index is 13.5. The van der Waals surface area contributed by atoms with Crippen molar-refractivity contribution in [3.63, 3.8) is 0 Å². The zero-order chi connectivity index (χ0) is 13.1. The molecule has 98 valence electrons. The van der Waals surface area contributed by atoms with Gasteiger partial charge in [0, 0.05) is 18.4 Å². The first-order valence-electron chi connectivity index (χ1n) is 6.21. The van der Waals surface area contributed by atoms with Gasteiger partial charge in [0.1, 0.15) is 5.78 Å². The Hall–Kier alpha value is -1.42. The highest BCUT2D eigenvalue weighted by molar-refractivity contribution is 5.83. The fourth-order valence-corrected chi connectivity index (χ4v) is 2.47. The van der Waals surface area contributed by atoms with Gasteiger partial charge in [0.2, 0.25) is 0 Å². The first-order chi connectivity index (χ1) is 8.60. The van der Waals surface area contributed by atoms with E-state index in [0.717, 1.165) is 19.3 Å². The van der Waals surface area contributed by atoms with Crippen LogP contribution in [0.1, 0.15) is 24.8 Å². The molecule has 2 atom stereocenters. The lowest BCUT2D eigenvalue weighted by Crippen LogP contribution is -2.19. The van der Waals surface area contributed by atoms with Crippen LogP contribution in [-0.4, -0.2) is 18.9 Å². The number of benzene rings is 1. The molecule has 1 aromatic carbocycles. The summed E-state index contributed by atoms with van der Waals surface area (Å²) in [4.78, 5) is 12.0. The number of rotatable bonds is 4. The summed E-state index contributed by atoms with van der Waals surface area (Å²) in [5.41, 5.74) is 6.48. The average molecular weight is 251 g/mol. The second kappa shape index (κ2) is 5.48. The number of hydrogen-bond donors (Lipinski definition) is 1. The maximum atomic E-state index is 13.5. The van der Waals surface area contributed by atoms with Crippen molar-refractivity contribution < 1.29 is 13.9 Å². The fraction of sp³-hybridized carbons (Fsp3) is 0.500. The Morgan fingerprint density at radius 3 is 2.83 bits per heavy atom. The molecule has 3 nitrogen and oxygen atoms in total. The molecule has 0 aliphatic heterocycles. The highest BCUT2D eigenvalue weighted by Gasteiger charge is 2.27. The number of hydrogen-bond acceptors (Lipinski definition) is 3. The number of ether oxygens (including phenoxy) is 1. The number of Topliss-reactive ketones (excluding diaryl/α,β-unsaturated/α-hetero) is 1. The van der Waals surface area contributed by atoms with E-state index in [4.69, 9.17) is 10.5 Å². The lowest BCUT2D eigenvalue weighted by Gasteiger charge is -2.09. The van der Waals surface area contributed by atoms with Crippen molar-refractivity contribution in [1.29, 1.82) is 0 Å². The van der Waals surface area contributed by atoms with Crippen molar-refractivity contribution in [1.82, 2.24) is 0 Å². The fourth-order valence-electron chi connectivity index (χ4n) is 2.47. The Morgan fingerprint density at radius 1 is 1.50 bits per heavy atom. The van der Waals surface area contributed by atoms with Gasteiger partial charge in [0.05, 0.1) is 7.11 Å². The molecule has 0 amide bonds. The molecule has 2 unspecified atom stereocenters. The van der Waals surface area contributed by atoms with Gasteiger partial charge in [-0.1, -0.05) is 6.07 Å². The molecule has 0 saturated heterocycles. The van der Waals surface area contributed by atoms with E-state index in [1.54, 1.807) is 12.1 Å². The SMILES string of the molecule is COc1ccc(CC(=O)C2CCC(N)C2)cc1F. The Balaban J connectivity index is 2.01. The van der Waals surface area contributed by atoms with Crippen LogP contribution in [0.4, 0.5) is 4.39 Å². The smallest absolute Gasteiger partial charge is 0.165 e. The van der Waals surface area contributed by atoms with Crippen molar-refractivity contribution in [2.45, 2.75) is 31.7 Å². The quantitative estimate of drug-likeness (QED) is 0.891. The third-order valence-electron chi connectivity index (χ3n) is 3.52. The number of nitrogens with two attached hydrogens (primary N) is 1. The van der Waals surface area contributed by atoms with E-state index >= 15 is 0 Å². The summed E-state index contributed by atoms with van der Waals surface area (Å²) in [6, 6.07) is 4.80. The first kappa shape index (κ1) is 13.0. The van der Waals surface area contributed by atoms with Crippen LogP contribution in [-0.2, 0) is 11.2 Å². The summed E-state index contributed by atoms with van der Waals surface area (Å²) in [6.45, 7) is 0. The maximum Gasteiger partial charge on any atom is 0.165 e. The van der Waals surface area contributed by atoms with E-state index in [1.807, 2.05) is 0 Å². The minimum atomic E-state index is -0.425. The molecule has 0 radical (unpaired) electrons. The third-order valence-corrected chi connectivity index (χ3v) is 3.52. The van der Waals surface area contributed by atoms with Crippen LogP contribution in [0.2, 0.25) is 0 Å². The van der Waals surface area contributed by atoms with Crippen molar-refractivity contribution in [2.75, 3.05) is 7.11 Å². The van der Waals surface area contributed by atoms with Crippen LogP contribution in [0, 0.1) is 11.7 Å². The molecule has 0 heterocycles. The molecule has 1 aliphatic rings. The van der Waals surface area contributed by atoms with Gasteiger partial charge in [-0.25, -0.2) is 4.39 Å². The number of halogens is 1. The Morgan fingerprint density at radius 2 is 2.28 bits per heavy atom. The van der Waals surface area contributed by atoms with Crippen LogP contribution in [0.25, 0.3) is 0 Å². The number of ketones is 1. The van der Waals surface area contributed by atoms with Gasteiger partial charge < -0.3 is 10.5 Å². The van der Waals surface area contributed by atoms with E-state index in [1.165, 1.54) is 13.2 Å². The molecule has 0 spiro atoms. The van der Waals surface area contributed by atoms with Gasteiger partial charge >= 0.3 is 0 Å². The van der Waals surface area contributed by atoms with Crippen molar-refractivity contribution >= 4 is 5.78 Å². The first-order valence-corrected chi connectivity index (χ1v) is 6.21. The molecular weight excluding hydrogens is 233 g/mol. The zero-order valence-electron chi connectivity index (χ0n) is 10.5. The summed E-state index contributed by atoms with van der Waals surface area (Å²) in [7, 11) is 1.42. The molecule has 2 rings (SSSR count). The molecule has 0 aromatic heterocycles. The third kappa shape index (κ3) is 2.88. The minimum Gasteiger partial charge on any atom is -0.494 e. The summed E-state index contributed by atoms with van der Waals surface area (Å²) in [5, 5.41) is 0. The molecule has 2 N–H and O–H groups in total. The van der Waals surface area contributed by atoms with Crippen LogP contribution < -0.4 is 10.5 Å². The molecular formula is C14H18FNO2. The average Bonchev–Trinajstić information content (AvgIpc) is 2.76. The second-order valence-electron chi connectivity index (χ2n) is 4.88. The largest absolute Gasteiger partial charge is 0.494 e. The van der Waals surface area contributed by atoms with E-state index < -0.39 is 5.82 Å². The lowest BCUT2D eigenvalue weighted by atomic mass is 9.96. The van der Waals surface area contributed by atoms with Crippen molar-refractivity contribution in [3.05, 3.63) is 29.6 Å². The number of methoxy groups -OCH3 is 1. The van der Waals surface area contributed by atoms with Gasteiger partial charge in [-0.05, 0) is 37.0 Å². The highest BCUT2D eigenvalue weighted by atomic mass is 19.1. The van der Waals surface area contributed by atoms with Gasteiger partial charge in [-0.2, -0.15) is 0 Å². The molecule has 0 bridgehead atoms. The van der Waals surface area contributed by atoms with E-state index in [9.17, 15) is 9.18 Å². The monoisotopic (exact) mass is 251 g/mol. The topological polar surface area (TPSA) is 52.3 Å². The molecule has 1 aliphatic carbocycles. The summed E-state index contributed by atoms with van der Waals surface area (Å²) < 4.78 is 18.3. The highest BCUT2D eigenvalue weighted by Crippen LogP contribution is 2.26. The predicted molar refractivity (Wildman–Crippen MR) is 67.0 cm³/mol. The molecule has 1 saturated carbocycles.